The van der Waals surface area contributed by atoms with Crippen molar-refractivity contribution in [1.29, 1.82) is 0 Å². The first-order chi connectivity index (χ1) is 9.75. The molecule has 0 bridgehead atoms. The van der Waals surface area contributed by atoms with Crippen molar-refractivity contribution in [2.45, 2.75) is 38.7 Å². The monoisotopic (exact) mass is 278 g/mol. The van der Waals surface area contributed by atoms with Crippen LogP contribution in [0.1, 0.15) is 37.8 Å². The maximum Gasteiger partial charge on any atom is 0.142 e. The fourth-order valence-corrected chi connectivity index (χ4v) is 3.38. The van der Waals surface area contributed by atoms with Gasteiger partial charge in [-0.1, -0.05) is 24.3 Å². The molecular formula is C17H30N2O+2. The summed E-state index contributed by atoms with van der Waals surface area (Å²) in [7, 11) is 0. The molecule has 0 aromatic heterocycles. The molecule has 0 aliphatic carbocycles. The number of benzene rings is 1. The number of rotatable bonds is 7. The standard InChI is InChI=1S/C17H28N2O/c1-3-19(4-2)12-7-11-17(14-18)16-9-6-5-8-15(16)10-13-20-17/h5-6,8-9H,3-4,7,10-14,18H2,1-2H3/p+2/t17-/m1/s1. The summed E-state index contributed by atoms with van der Waals surface area (Å²) < 4.78 is 6.22. The first-order valence-electron chi connectivity index (χ1n) is 8.11. The van der Waals surface area contributed by atoms with Crippen LogP contribution in [0, 0.1) is 0 Å². The molecule has 20 heavy (non-hydrogen) atoms. The Morgan fingerprint density at radius 3 is 2.70 bits per heavy atom. The molecule has 0 radical (unpaired) electrons. The fourth-order valence-electron chi connectivity index (χ4n) is 3.38. The van der Waals surface area contributed by atoms with Gasteiger partial charge in [0.25, 0.3) is 0 Å². The van der Waals surface area contributed by atoms with E-state index < -0.39 is 0 Å². The molecule has 1 aliphatic heterocycles. The summed E-state index contributed by atoms with van der Waals surface area (Å²) in [5, 5.41) is 0. The van der Waals surface area contributed by atoms with Gasteiger partial charge in [0.1, 0.15) is 12.1 Å². The van der Waals surface area contributed by atoms with E-state index in [4.69, 9.17) is 4.74 Å². The second-order valence-electron chi connectivity index (χ2n) is 5.81. The highest BCUT2D eigenvalue weighted by atomic mass is 16.5. The van der Waals surface area contributed by atoms with Gasteiger partial charge in [-0.05, 0) is 44.2 Å². The van der Waals surface area contributed by atoms with Crippen LogP contribution in [0.3, 0.4) is 0 Å². The van der Waals surface area contributed by atoms with Crippen LogP contribution in [-0.4, -0.2) is 32.8 Å². The Labute approximate surface area is 123 Å². The molecule has 3 nitrogen and oxygen atoms in total. The summed E-state index contributed by atoms with van der Waals surface area (Å²) in [6.45, 7) is 9.87. The molecule has 3 heteroatoms. The lowest BCUT2D eigenvalue weighted by Crippen LogP contribution is -3.11. The molecule has 0 amide bonds. The average molecular weight is 278 g/mol. The van der Waals surface area contributed by atoms with E-state index in [0.29, 0.717) is 0 Å². The highest BCUT2D eigenvalue weighted by Gasteiger charge is 2.38. The summed E-state index contributed by atoms with van der Waals surface area (Å²) in [5.41, 5.74) is 6.89. The first kappa shape index (κ1) is 15.5. The predicted octanol–water partition coefficient (Wildman–Crippen LogP) is 0.401. The third-order valence-corrected chi connectivity index (χ3v) is 4.77. The van der Waals surface area contributed by atoms with Crippen LogP contribution < -0.4 is 10.6 Å². The van der Waals surface area contributed by atoms with Gasteiger partial charge in [0.05, 0.1) is 26.2 Å². The smallest absolute Gasteiger partial charge is 0.142 e. The highest BCUT2D eigenvalue weighted by molar-refractivity contribution is 5.34. The lowest BCUT2D eigenvalue weighted by Gasteiger charge is -2.37. The molecule has 0 fully saturated rings. The normalized spacial score (nSPS) is 22.0. The van der Waals surface area contributed by atoms with Crippen LogP contribution in [0.15, 0.2) is 24.3 Å². The minimum atomic E-state index is -0.137. The molecule has 1 heterocycles. The molecule has 1 aromatic rings. The van der Waals surface area contributed by atoms with E-state index in [9.17, 15) is 0 Å². The van der Waals surface area contributed by atoms with E-state index in [1.165, 1.54) is 37.2 Å². The number of ether oxygens (including phenoxy) is 1. The van der Waals surface area contributed by atoms with Gasteiger partial charge in [0.15, 0.2) is 0 Å². The largest absolute Gasteiger partial charge is 0.364 e. The third-order valence-electron chi connectivity index (χ3n) is 4.77. The van der Waals surface area contributed by atoms with Gasteiger partial charge in [-0.15, -0.1) is 0 Å². The van der Waals surface area contributed by atoms with Crippen LogP contribution in [0.5, 0.6) is 0 Å². The Morgan fingerprint density at radius 2 is 2.00 bits per heavy atom. The molecule has 1 aliphatic rings. The summed E-state index contributed by atoms with van der Waals surface area (Å²) in [5.74, 6) is 0. The Morgan fingerprint density at radius 1 is 1.25 bits per heavy atom. The number of quaternary nitrogens is 2. The first-order valence-corrected chi connectivity index (χ1v) is 8.11. The Hall–Kier alpha value is -0.900. The topological polar surface area (TPSA) is 41.3 Å². The molecule has 0 unspecified atom stereocenters. The van der Waals surface area contributed by atoms with Crippen molar-refractivity contribution < 1.29 is 15.4 Å². The van der Waals surface area contributed by atoms with Crippen molar-refractivity contribution in [2.75, 3.05) is 32.8 Å². The number of hydrogen-bond donors (Lipinski definition) is 2. The van der Waals surface area contributed by atoms with Gasteiger partial charge in [0, 0.05) is 0 Å². The van der Waals surface area contributed by atoms with E-state index in [-0.39, 0.29) is 5.60 Å². The molecule has 4 N–H and O–H groups in total. The minimum absolute atomic E-state index is 0.137. The molecule has 0 saturated heterocycles. The molecule has 0 spiro atoms. The summed E-state index contributed by atoms with van der Waals surface area (Å²) in [4.78, 5) is 1.67. The third kappa shape index (κ3) is 3.22. The fraction of sp³-hybridized carbons (Fsp3) is 0.647. The van der Waals surface area contributed by atoms with Gasteiger partial charge < -0.3 is 15.4 Å². The predicted molar refractivity (Wildman–Crippen MR) is 81.7 cm³/mol. The highest BCUT2D eigenvalue weighted by Crippen LogP contribution is 2.35. The van der Waals surface area contributed by atoms with Crippen molar-refractivity contribution in [3.8, 4) is 0 Å². The number of hydrogen-bond acceptors (Lipinski definition) is 1. The Bertz CT molecular complexity index is 417. The maximum atomic E-state index is 6.22. The van der Waals surface area contributed by atoms with Crippen molar-refractivity contribution in [2.24, 2.45) is 0 Å². The Kier molecular flexibility index (Phi) is 5.58. The molecule has 0 saturated carbocycles. The van der Waals surface area contributed by atoms with E-state index in [1.807, 2.05) is 0 Å². The van der Waals surface area contributed by atoms with Gasteiger partial charge in [-0.3, -0.25) is 0 Å². The molecule has 1 aromatic carbocycles. The zero-order chi connectivity index (χ0) is 14.4. The summed E-state index contributed by atoms with van der Waals surface area (Å²) in [6.07, 6.45) is 3.34. The number of fused-ring (bicyclic) bond motifs is 1. The van der Waals surface area contributed by atoms with E-state index in [0.717, 1.165) is 26.0 Å². The van der Waals surface area contributed by atoms with Crippen LogP contribution in [0.25, 0.3) is 0 Å². The van der Waals surface area contributed by atoms with Gasteiger partial charge in [-0.2, -0.15) is 0 Å². The quantitative estimate of drug-likeness (QED) is 0.745. The minimum Gasteiger partial charge on any atom is -0.364 e. The van der Waals surface area contributed by atoms with E-state index >= 15 is 0 Å². The van der Waals surface area contributed by atoms with E-state index in [1.54, 1.807) is 4.90 Å². The SMILES string of the molecule is CC[NH+](CC)CCC[C@]1(C[NH3+])OCCc2ccccc21. The van der Waals surface area contributed by atoms with Crippen LogP contribution in [0.4, 0.5) is 0 Å². The van der Waals surface area contributed by atoms with Gasteiger partial charge >= 0.3 is 0 Å². The lowest BCUT2D eigenvalue weighted by atomic mass is 9.83. The summed E-state index contributed by atoms with van der Waals surface area (Å²) in [6, 6.07) is 8.76. The lowest BCUT2D eigenvalue weighted by molar-refractivity contribution is -0.896. The zero-order valence-corrected chi connectivity index (χ0v) is 13.1. The second kappa shape index (κ2) is 7.21. The van der Waals surface area contributed by atoms with Gasteiger partial charge in [0.2, 0.25) is 0 Å². The average Bonchev–Trinajstić information content (AvgIpc) is 2.51. The van der Waals surface area contributed by atoms with E-state index in [2.05, 4.69) is 43.8 Å². The van der Waals surface area contributed by atoms with Crippen molar-refractivity contribution in [1.82, 2.24) is 0 Å². The van der Waals surface area contributed by atoms with Crippen LogP contribution >= 0.6 is 0 Å². The maximum absolute atomic E-state index is 6.22. The van der Waals surface area contributed by atoms with Crippen molar-refractivity contribution in [3.05, 3.63) is 35.4 Å². The zero-order valence-electron chi connectivity index (χ0n) is 13.1. The second-order valence-corrected chi connectivity index (χ2v) is 5.81. The van der Waals surface area contributed by atoms with Crippen molar-refractivity contribution in [3.63, 3.8) is 0 Å². The van der Waals surface area contributed by atoms with Gasteiger partial charge in [-0.25, -0.2) is 0 Å². The van der Waals surface area contributed by atoms with Crippen LogP contribution in [0.2, 0.25) is 0 Å². The molecular weight excluding hydrogens is 248 g/mol. The Balaban J connectivity index is 2.07. The molecule has 1 atom stereocenters. The van der Waals surface area contributed by atoms with Crippen LogP contribution in [-0.2, 0) is 16.8 Å². The summed E-state index contributed by atoms with van der Waals surface area (Å²) >= 11 is 0. The molecule has 2 rings (SSSR count). The number of nitrogens with one attached hydrogen (secondary N) is 1. The molecule has 112 valence electrons. The van der Waals surface area contributed by atoms with Crippen molar-refractivity contribution >= 4 is 0 Å².